The number of hydrogen-bond acceptors (Lipinski definition) is 6. The highest BCUT2D eigenvalue weighted by Gasteiger charge is 2.51. The Labute approximate surface area is 164 Å². The van der Waals surface area contributed by atoms with Crippen molar-refractivity contribution in [2.45, 2.75) is 99.1 Å². The van der Waals surface area contributed by atoms with Gasteiger partial charge in [0.15, 0.2) is 0 Å². The highest BCUT2D eigenvalue weighted by molar-refractivity contribution is 5.78. The standard InChI is InChI=1S/C21H38O6/c1-7-9-11-13-19(3,4)17(22)26-21(24-15-16-25-21)27-18(23)20(5,6)14-12-10-8-2/h7-16H2,1-6H3. The van der Waals surface area contributed by atoms with Crippen LogP contribution in [0.2, 0.25) is 0 Å². The Morgan fingerprint density at radius 2 is 1.15 bits per heavy atom. The molecule has 158 valence electrons. The van der Waals surface area contributed by atoms with Gasteiger partial charge in [-0.2, -0.15) is 0 Å². The van der Waals surface area contributed by atoms with Crippen LogP contribution in [0.5, 0.6) is 0 Å². The topological polar surface area (TPSA) is 71.1 Å². The van der Waals surface area contributed by atoms with E-state index in [1.807, 2.05) is 27.7 Å². The van der Waals surface area contributed by atoms with E-state index in [4.69, 9.17) is 18.9 Å². The van der Waals surface area contributed by atoms with E-state index >= 15 is 0 Å². The molecule has 0 aromatic heterocycles. The summed E-state index contributed by atoms with van der Waals surface area (Å²) < 4.78 is 21.7. The van der Waals surface area contributed by atoms with Crippen LogP contribution in [0.15, 0.2) is 0 Å². The highest BCUT2D eigenvalue weighted by Crippen LogP contribution is 2.34. The van der Waals surface area contributed by atoms with Gasteiger partial charge in [-0.25, -0.2) is 0 Å². The largest absolute Gasteiger partial charge is 0.514 e. The lowest BCUT2D eigenvalue weighted by molar-refractivity contribution is -0.431. The minimum Gasteiger partial charge on any atom is -0.373 e. The van der Waals surface area contributed by atoms with Crippen molar-refractivity contribution < 1.29 is 28.5 Å². The van der Waals surface area contributed by atoms with Crippen LogP contribution in [-0.2, 0) is 28.5 Å². The van der Waals surface area contributed by atoms with E-state index in [1.165, 1.54) is 0 Å². The molecule has 0 spiro atoms. The van der Waals surface area contributed by atoms with Gasteiger partial charge >= 0.3 is 18.1 Å². The van der Waals surface area contributed by atoms with Crippen molar-refractivity contribution in [3.05, 3.63) is 0 Å². The first-order valence-electron chi connectivity index (χ1n) is 10.3. The second-order valence-corrected chi connectivity index (χ2v) is 8.66. The number of esters is 2. The van der Waals surface area contributed by atoms with Crippen LogP contribution in [0.4, 0.5) is 0 Å². The van der Waals surface area contributed by atoms with Gasteiger partial charge in [0.1, 0.15) is 0 Å². The summed E-state index contributed by atoms with van der Waals surface area (Å²) in [5, 5.41) is 0. The fraction of sp³-hybridized carbons (Fsp3) is 0.905. The molecule has 6 heteroatoms. The summed E-state index contributed by atoms with van der Waals surface area (Å²) in [4.78, 5) is 25.4. The third-order valence-electron chi connectivity index (χ3n) is 4.99. The van der Waals surface area contributed by atoms with Gasteiger partial charge in [-0.1, -0.05) is 52.4 Å². The summed E-state index contributed by atoms with van der Waals surface area (Å²) in [6.07, 6.45) is 5.43. The molecule has 27 heavy (non-hydrogen) atoms. The normalized spacial score (nSPS) is 17.0. The molecule has 0 amide bonds. The smallest absolute Gasteiger partial charge is 0.373 e. The Hall–Kier alpha value is -1.14. The summed E-state index contributed by atoms with van der Waals surface area (Å²) in [6, 6.07) is 0. The summed E-state index contributed by atoms with van der Waals surface area (Å²) in [5.74, 6) is -0.978. The van der Waals surface area contributed by atoms with E-state index in [0.29, 0.717) is 12.8 Å². The van der Waals surface area contributed by atoms with Crippen LogP contribution in [-0.4, -0.2) is 31.3 Å². The minimum absolute atomic E-state index is 0.201. The number of unbranched alkanes of at least 4 members (excludes halogenated alkanes) is 4. The second-order valence-electron chi connectivity index (χ2n) is 8.66. The van der Waals surface area contributed by atoms with Crippen molar-refractivity contribution in [2.24, 2.45) is 10.8 Å². The molecular weight excluding hydrogens is 348 g/mol. The molecule has 0 unspecified atom stereocenters. The Morgan fingerprint density at radius 1 is 0.778 bits per heavy atom. The van der Waals surface area contributed by atoms with E-state index < -0.39 is 28.9 Å². The van der Waals surface area contributed by atoms with Gasteiger partial charge in [0.2, 0.25) is 0 Å². The predicted molar refractivity (Wildman–Crippen MR) is 103 cm³/mol. The summed E-state index contributed by atoms with van der Waals surface area (Å²) in [7, 11) is 0. The fourth-order valence-electron chi connectivity index (χ4n) is 2.86. The van der Waals surface area contributed by atoms with E-state index in [2.05, 4.69) is 13.8 Å². The zero-order valence-corrected chi connectivity index (χ0v) is 18.0. The molecule has 1 heterocycles. The molecule has 0 aromatic carbocycles. The van der Waals surface area contributed by atoms with Crippen molar-refractivity contribution in [1.82, 2.24) is 0 Å². The van der Waals surface area contributed by atoms with Crippen LogP contribution >= 0.6 is 0 Å². The summed E-state index contributed by atoms with van der Waals surface area (Å²) in [6.45, 7) is 11.9. The first-order chi connectivity index (χ1) is 12.6. The van der Waals surface area contributed by atoms with Crippen LogP contribution in [0.1, 0.15) is 92.9 Å². The number of ether oxygens (including phenoxy) is 4. The van der Waals surface area contributed by atoms with Gasteiger partial charge in [-0.3, -0.25) is 19.1 Å². The maximum Gasteiger partial charge on any atom is 0.514 e. The van der Waals surface area contributed by atoms with E-state index in [-0.39, 0.29) is 13.2 Å². The van der Waals surface area contributed by atoms with Gasteiger partial charge in [-0.05, 0) is 40.5 Å². The predicted octanol–water partition coefficient (Wildman–Crippen LogP) is 4.94. The second kappa shape index (κ2) is 10.4. The number of carbonyl (C=O) groups is 2. The molecule has 1 aliphatic heterocycles. The van der Waals surface area contributed by atoms with Crippen molar-refractivity contribution in [3.63, 3.8) is 0 Å². The minimum atomic E-state index is -2.06. The van der Waals surface area contributed by atoms with Gasteiger partial charge in [0.25, 0.3) is 0 Å². The quantitative estimate of drug-likeness (QED) is 0.269. The molecule has 6 nitrogen and oxygen atoms in total. The van der Waals surface area contributed by atoms with Crippen LogP contribution in [0.3, 0.4) is 0 Å². The molecule has 0 aliphatic carbocycles. The average Bonchev–Trinajstić information content (AvgIpc) is 3.03. The van der Waals surface area contributed by atoms with Gasteiger partial charge in [0, 0.05) is 0 Å². The SMILES string of the molecule is CCCCCC(C)(C)C(=O)OC1(OC(=O)C(C)(C)CCCCC)OCCO1. The van der Waals surface area contributed by atoms with E-state index in [0.717, 1.165) is 38.5 Å². The molecule has 0 atom stereocenters. The fourth-order valence-corrected chi connectivity index (χ4v) is 2.86. The first kappa shape index (κ1) is 23.9. The van der Waals surface area contributed by atoms with Gasteiger partial charge in [-0.15, -0.1) is 0 Å². The zero-order valence-electron chi connectivity index (χ0n) is 18.0. The molecule has 1 fully saturated rings. The molecule has 0 radical (unpaired) electrons. The molecule has 0 N–H and O–H groups in total. The Balaban J connectivity index is 2.75. The molecule has 0 aromatic rings. The molecule has 0 bridgehead atoms. The number of carbonyl (C=O) groups excluding carboxylic acids is 2. The zero-order chi connectivity index (χ0) is 20.6. The van der Waals surface area contributed by atoms with Crippen LogP contribution < -0.4 is 0 Å². The van der Waals surface area contributed by atoms with Crippen LogP contribution in [0, 0.1) is 10.8 Å². The van der Waals surface area contributed by atoms with Crippen molar-refractivity contribution >= 4 is 11.9 Å². The number of rotatable bonds is 12. The monoisotopic (exact) mass is 386 g/mol. The van der Waals surface area contributed by atoms with E-state index in [1.54, 1.807) is 0 Å². The third-order valence-corrected chi connectivity index (χ3v) is 4.99. The van der Waals surface area contributed by atoms with Crippen LogP contribution in [0.25, 0.3) is 0 Å². The molecule has 1 aliphatic rings. The Morgan fingerprint density at radius 3 is 1.48 bits per heavy atom. The summed E-state index contributed by atoms with van der Waals surface area (Å²) >= 11 is 0. The lowest BCUT2D eigenvalue weighted by Crippen LogP contribution is -2.46. The van der Waals surface area contributed by atoms with Crippen molar-refractivity contribution in [1.29, 1.82) is 0 Å². The van der Waals surface area contributed by atoms with Crippen molar-refractivity contribution in [3.8, 4) is 0 Å². The van der Waals surface area contributed by atoms with E-state index in [9.17, 15) is 9.59 Å². The number of hydrogen-bond donors (Lipinski definition) is 0. The molecule has 1 rings (SSSR count). The Bertz CT molecular complexity index is 439. The maximum atomic E-state index is 12.7. The lowest BCUT2D eigenvalue weighted by atomic mass is 9.87. The lowest BCUT2D eigenvalue weighted by Gasteiger charge is -2.32. The summed E-state index contributed by atoms with van der Waals surface area (Å²) in [5.41, 5.74) is -1.42. The molecular formula is C21H38O6. The average molecular weight is 387 g/mol. The highest BCUT2D eigenvalue weighted by atomic mass is 17.0. The molecule has 1 saturated heterocycles. The molecule has 0 saturated carbocycles. The third kappa shape index (κ3) is 7.41. The first-order valence-corrected chi connectivity index (χ1v) is 10.3. The Kier molecular flexibility index (Phi) is 9.22. The van der Waals surface area contributed by atoms with Gasteiger partial charge < -0.3 is 9.47 Å². The maximum absolute atomic E-state index is 12.7. The van der Waals surface area contributed by atoms with Gasteiger partial charge in [0.05, 0.1) is 24.0 Å². The van der Waals surface area contributed by atoms with Crippen molar-refractivity contribution in [2.75, 3.05) is 13.2 Å².